The molecule has 1 aliphatic heterocycles. The third-order valence-electron chi connectivity index (χ3n) is 5.76. The Morgan fingerprint density at radius 3 is 2.25 bits per heavy atom. The first kappa shape index (κ1) is 25.2. The van der Waals surface area contributed by atoms with Crippen molar-refractivity contribution < 1.29 is 0 Å². The van der Waals surface area contributed by atoms with Crippen molar-refractivity contribution in [2.24, 2.45) is 18.0 Å². The molecule has 1 fully saturated rings. The second kappa shape index (κ2) is 12.7. The van der Waals surface area contributed by atoms with Gasteiger partial charge in [-0.3, -0.25) is 9.58 Å². The van der Waals surface area contributed by atoms with Crippen molar-refractivity contribution in [3.63, 3.8) is 0 Å². The van der Waals surface area contributed by atoms with Crippen LogP contribution < -0.4 is 10.6 Å². The maximum Gasteiger partial charge on any atom is 0.191 e. The van der Waals surface area contributed by atoms with Gasteiger partial charge in [0.15, 0.2) is 5.96 Å². The predicted octanol–water partition coefficient (Wildman–Crippen LogP) is 3.61. The summed E-state index contributed by atoms with van der Waals surface area (Å²) in [7, 11) is 1.99. The molecular formula is C21H41IN6. The highest BCUT2D eigenvalue weighted by Crippen LogP contribution is 2.17. The van der Waals surface area contributed by atoms with Crippen molar-refractivity contribution in [1.29, 1.82) is 0 Å². The van der Waals surface area contributed by atoms with Gasteiger partial charge in [0.05, 0.1) is 12.2 Å². The molecule has 1 unspecified atom stereocenters. The van der Waals surface area contributed by atoms with Gasteiger partial charge in [-0.15, -0.1) is 24.0 Å². The summed E-state index contributed by atoms with van der Waals surface area (Å²) in [5.41, 5.74) is 3.48. The highest BCUT2D eigenvalue weighted by atomic mass is 127. The monoisotopic (exact) mass is 504 g/mol. The van der Waals surface area contributed by atoms with Crippen LogP contribution in [0.25, 0.3) is 0 Å². The normalized spacial score (nSPS) is 17.2. The fourth-order valence-electron chi connectivity index (χ4n) is 3.96. The molecule has 0 aliphatic carbocycles. The van der Waals surface area contributed by atoms with Gasteiger partial charge < -0.3 is 10.6 Å². The van der Waals surface area contributed by atoms with Gasteiger partial charge >= 0.3 is 0 Å². The SMILES string of the molecule is CCNC(=NCc1c(C)nn(C)c1C)NCC(C(C)C)N1CCCCCC1.I. The predicted molar refractivity (Wildman–Crippen MR) is 130 cm³/mol. The van der Waals surface area contributed by atoms with Crippen molar-refractivity contribution in [1.82, 2.24) is 25.3 Å². The lowest BCUT2D eigenvalue weighted by molar-refractivity contribution is 0.161. The molecule has 0 amide bonds. The highest BCUT2D eigenvalue weighted by Gasteiger charge is 2.23. The topological polar surface area (TPSA) is 57.5 Å². The van der Waals surface area contributed by atoms with E-state index < -0.39 is 0 Å². The molecule has 6 nitrogen and oxygen atoms in total. The number of hydrogen-bond acceptors (Lipinski definition) is 3. The Kier molecular flexibility index (Phi) is 11.4. The second-order valence-electron chi connectivity index (χ2n) is 8.11. The average Bonchev–Trinajstić information content (AvgIpc) is 2.82. The molecule has 1 saturated heterocycles. The number of aromatic nitrogens is 2. The van der Waals surface area contributed by atoms with Crippen molar-refractivity contribution in [2.45, 2.75) is 72.9 Å². The molecule has 2 rings (SSSR count). The molecule has 2 heterocycles. The second-order valence-corrected chi connectivity index (χ2v) is 8.11. The minimum absolute atomic E-state index is 0. The minimum atomic E-state index is 0. The smallest absolute Gasteiger partial charge is 0.191 e. The van der Waals surface area contributed by atoms with E-state index in [0.717, 1.165) is 24.7 Å². The van der Waals surface area contributed by atoms with Crippen LogP contribution in [-0.4, -0.2) is 52.9 Å². The van der Waals surface area contributed by atoms with Gasteiger partial charge in [0.2, 0.25) is 0 Å². The van der Waals surface area contributed by atoms with Gasteiger partial charge in [-0.1, -0.05) is 26.7 Å². The zero-order valence-electron chi connectivity index (χ0n) is 18.7. The zero-order valence-corrected chi connectivity index (χ0v) is 21.0. The molecular weight excluding hydrogens is 463 g/mol. The number of aliphatic imine (C=N–C) groups is 1. The van der Waals surface area contributed by atoms with Gasteiger partial charge in [0, 0.05) is 37.4 Å². The van der Waals surface area contributed by atoms with Crippen molar-refractivity contribution in [3.05, 3.63) is 17.0 Å². The number of aryl methyl sites for hydroxylation is 2. The van der Waals surface area contributed by atoms with Gasteiger partial charge in [-0.25, -0.2) is 4.99 Å². The van der Waals surface area contributed by atoms with Crippen LogP contribution in [0.2, 0.25) is 0 Å². The fraction of sp³-hybridized carbons (Fsp3) is 0.810. The standard InChI is InChI=1S/C21H40N6.HI/c1-7-22-21(23-14-19-17(4)25-26(6)18(19)5)24-15-20(16(2)3)27-12-10-8-9-11-13-27;/h16,20H,7-15H2,1-6H3,(H2,22,23,24);1H. The number of halogens is 1. The molecule has 162 valence electrons. The summed E-state index contributed by atoms with van der Waals surface area (Å²) in [5.74, 6) is 1.53. The Bertz CT molecular complexity index is 602. The maximum atomic E-state index is 4.84. The minimum Gasteiger partial charge on any atom is -0.357 e. The van der Waals surface area contributed by atoms with E-state index in [0.29, 0.717) is 18.5 Å². The lowest BCUT2D eigenvalue weighted by Gasteiger charge is -2.34. The van der Waals surface area contributed by atoms with E-state index in [1.165, 1.54) is 50.0 Å². The van der Waals surface area contributed by atoms with E-state index in [1.54, 1.807) is 0 Å². The summed E-state index contributed by atoms with van der Waals surface area (Å²) in [6.45, 7) is 15.9. The third kappa shape index (κ3) is 7.21. The lowest BCUT2D eigenvalue weighted by Crippen LogP contribution is -2.49. The van der Waals surface area contributed by atoms with Gasteiger partial charge in [-0.2, -0.15) is 5.10 Å². The van der Waals surface area contributed by atoms with Crippen molar-refractivity contribution in [2.75, 3.05) is 26.2 Å². The Hall–Kier alpha value is -0.830. The quantitative estimate of drug-likeness (QED) is 0.339. The van der Waals surface area contributed by atoms with Crippen molar-refractivity contribution in [3.8, 4) is 0 Å². The zero-order chi connectivity index (χ0) is 19.8. The van der Waals surface area contributed by atoms with Crippen LogP contribution in [0.3, 0.4) is 0 Å². The Morgan fingerprint density at radius 2 is 1.75 bits per heavy atom. The number of likely N-dealkylation sites (tertiary alicyclic amines) is 1. The Labute approximate surface area is 189 Å². The summed E-state index contributed by atoms with van der Waals surface area (Å²) in [5, 5.41) is 11.5. The summed E-state index contributed by atoms with van der Waals surface area (Å²) in [6, 6.07) is 0.550. The summed E-state index contributed by atoms with van der Waals surface area (Å²) < 4.78 is 1.94. The first-order chi connectivity index (χ1) is 12.9. The summed E-state index contributed by atoms with van der Waals surface area (Å²) in [6.07, 6.45) is 5.42. The van der Waals surface area contributed by atoms with E-state index in [-0.39, 0.29) is 24.0 Å². The molecule has 1 atom stereocenters. The maximum absolute atomic E-state index is 4.84. The van der Waals surface area contributed by atoms with Gasteiger partial charge in [0.1, 0.15) is 0 Å². The van der Waals surface area contributed by atoms with E-state index in [9.17, 15) is 0 Å². The van der Waals surface area contributed by atoms with Crippen LogP contribution in [0.1, 0.15) is 63.4 Å². The fourth-order valence-corrected chi connectivity index (χ4v) is 3.96. The average molecular weight is 505 g/mol. The van der Waals surface area contributed by atoms with Gasteiger partial charge in [-0.05, 0) is 52.6 Å². The first-order valence-electron chi connectivity index (χ1n) is 10.7. The molecule has 0 saturated carbocycles. The third-order valence-corrected chi connectivity index (χ3v) is 5.76. The molecule has 0 spiro atoms. The lowest BCUT2D eigenvalue weighted by atomic mass is 10.0. The van der Waals surface area contributed by atoms with Crippen molar-refractivity contribution >= 4 is 29.9 Å². The highest BCUT2D eigenvalue weighted by molar-refractivity contribution is 14.0. The number of rotatable bonds is 7. The molecule has 0 aromatic carbocycles. The summed E-state index contributed by atoms with van der Waals surface area (Å²) >= 11 is 0. The Balaban J connectivity index is 0.00000392. The molecule has 0 bridgehead atoms. The molecule has 7 heteroatoms. The van der Waals surface area contributed by atoms with Gasteiger partial charge in [0.25, 0.3) is 0 Å². The van der Waals surface area contributed by atoms with Crippen LogP contribution >= 0.6 is 24.0 Å². The molecule has 0 radical (unpaired) electrons. The molecule has 1 aromatic heterocycles. The number of guanidine groups is 1. The molecule has 28 heavy (non-hydrogen) atoms. The molecule has 2 N–H and O–H groups in total. The Morgan fingerprint density at radius 1 is 1.11 bits per heavy atom. The number of hydrogen-bond donors (Lipinski definition) is 2. The van der Waals surface area contributed by atoms with E-state index >= 15 is 0 Å². The largest absolute Gasteiger partial charge is 0.357 e. The van der Waals surface area contributed by atoms with Crippen LogP contribution in [0.15, 0.2) is 4.99 Å². The van der Waals surface area contributed by atoms with Crippen LogP contribution in [0.4, 0.5) is 0 Å². The molecule has 1 aliphatic rings. The summed E-state index contributed by atoms with van der Waals surface area (Å²) in [4.78, 5) is 7.52. The van der Waals surface area contributed by atoms with E-state index in [4.69, 9.17) is 4.99 Å². The molecule has 1 aromatic rings. The number of nitrogens with zero attached hydrogens (tertiary/aromatic N) is 4. The first-order valence-corrected chi connectivity index (χ1v) is 10.7. The number of nitrogens with one attached hydrogen (secondary N) is 2. The van der Waals surface area contributed by atoms with Crippen LogP contribution in [0, 0.1) is 19.8 Å². The van der Waals surface area contributed by atoms with E-state index in [1.807, 2.05) is 11.7 Å². The van der Waals surface area contributed by atoms with Crippen LogP contribution in [-0.2, 0) is 13.6 Å². The van der Waals surface area contributed by atoms with E-state index in [2.05, 4.69) is 55.3 Å². The van der Waals surface area contributed by atoms with Crippen LogP contribution in [0.5, 0.6) is 0 Å².